The molecule has 2 heterocycles. The Balaban J connectivity index is 2.44. The van der Waals surface area contributed by atoms with Gasteiger partial charge in [-0.25, -0.2) is 14.8 Å². The quantitative estimate of drug-likeness (QED) is 0.707. The Morgan fingerprint density at radius 3 is 2.70 bits per heavy atom. The highest BCUT2D eigenvalue weighted by atomic mass is 35.5. The number of anilines is 1. The van der Waals surface area contributed by atoms with Crippen LogP contribution in [-0.4, -0.2) is 39.7 Å². The van der Waals surface area contributed by atoms with E-state index in [-0.39, 0.29) is 16.0 Å². The number of nitrogens with zero attached hydrogens (tertiary/aromatic N) is 3. The summed E-state index contributed by atoms with van der Waals surface area (Å²) >= 11 is 11.4. The number of aromatic carboxylic acids is 1. The van der Waals surface area contributed by atoms with E-state index in [0.29, 0.717) is 0 Å². The minimum atomic E-state index is -4.27. The Labute approximate surface area is 122 Å². The van der Waals surface area contributed by atoms with E-state index < -0.39 is 26.6 Å². The molecule has 0 aliphatic rings. The Morgan fingerprint density at radius 2 is 2.05 bits per heavy atom. The lowest BCUT2D eigenvalue weighted by Gasteiger charge is -2.07. The van der Waals surface area contributed by atoms with Gasteiger partial charge in [-0.15, -0.1) is 0 Å². The van der Waals surface area contributed by atoms with Crippen molar-refractivity contribution in [3.63, 3.8) is 0 Å². The zero-order chi connectivity index (χ0) is 14.9. The van der Waals surface area contributed by atoms with Crippen molar-refractivity contribution in [2.24, 2.45) is 0 Å². The summed E-state index contributed by atoms with van der Waals surface area (Å²) in [6.07, 6.45) is 1.86. The molecular weight excluding hydrogens is 333 g/mol. The van der Waals surface area contributed by atoms with Crippen LogP contribution in [0.25, 0.3) is 0 Å². The Morgan fingerprint density at radius 1 is 1.35 bits per heavy atom. The Hall–Kier alpha value is -1.91. The van der Waals surface area contributed by atoms with Gasteiger partial charge in [0.25, 0.3) is 10.0 Å². The van der Waals surface area contributed by atoms with Crippen molar-refractivity contribution >= 4 is 45.0 Å². The number of sulfonamides is 1. The van der Waals surface area contributed by atoms with E-state index in [1.165, 1.54) is 0 Å². The summed E-state index contributed by atoms with van der Waals surface area (Å²) in [5, 5.41) is 13.3. The summed E-state index contributed by atoms with van der Waals surface area (Å²) in [5.74, 6) is -1.73. The largest absolute Gasteiger partial charge is 0.478 e. The van der Waals surface area contributed by atoms with Gasteiger partial charge in [-0.05, 0) is 0 Å². The Bertz CT molecular complexity index is 775. The van der Waals surface area contributed by atoms with Gasteiger partial charge in [0.05, 0.1) is 6.20 Å². The molecule has 0 saturated carbocycles. The van der Waals surface area contributed by atoms with E-state index in [4.69, 9.17) is 28.3 Å². The highest BCUT2D eigenvalue weighted by Gasteiger charge is 2.26. The predicted molar refractivity (Wildman–Crippen MR) is 68.4 cm³/mol. The van der Waals surface area contributed by atoms with Gasteiger partial charge in [0.2, 0.25) is 0 Å². The molecule has 2 rings (SSSR count). The molecule has 106 valence electrons. The van der Waals surface area contributed by atoms with Crippen molar-refractivity contribution in [1.82, 2.24) is 20.2 Å². The molecule has 0 spiro atoms. The van der Waals surface area contributed by atoms with Crippen LogP contribution in [0.3, 0.4) is 0 Å². The molecule has 0 radical (unpaired) electrons. The van der Waals surface area contributed by atoms with E-state index in [1.54, 1.807) is 0 Å². The molecule has 0 aromatic carbocycles. The smallest absolute Gasteiger partial charge is 0.340 e. The second-order valence-corrected chi connectivity index (χ2v) is 5.71. The maximum absolute atomic E-state index is 12.0. The third-order valence-electron chi connectivity index (χ3n) is 2.08. The first-order valence-electron chi connectivity index (χ1n) is 4.78. The minimum absolute atomic E-state index is 0.151. The van der Waals surface area contributed by atoms with E-state index in [9.17, 15) is 13.2 Å². The molecule has 2 aromatic rings. The molecular formula is C8H5Cl2N5O4S. The molecule has 2 aromatic heterocycles. The van der Waals surface area contributed by atoms with Crippen LogP contribution in [0.2, 0.25) is 10.2 Å². The summed E-state index contributed by atoms with van der Waals surface area (Å²) in [5.41, 5.74) is -0.520. The highest BCUT2D eigenvalue weighted by Crippen LogP contribution is 2.27. The van der Waals surface area contributed by atoms with Gasteiger partial charge in [0.15, 0.2) is 16.0 Å². The van der Waals surface area contributed by atoms with Crippen LogP contribution >= 0.6 is 23.2 Å². The summed E-state index contributed by atoms with van der Waals surface area (Å²) in [7, 11) is -4.27. The van der Waals surface area contributed by atoms with Crippen molar-refractivity contribution in [3.8, 4) is 0 Å². The van der Waals surface area contributed by atoms with E-state index >= 15 is 0 Å². The van der Waals surface area contributed by atoms with Crippen molar-refractivity contribution in [2.45, 2.75) is 5.03 Å². The standard InChI is InChI=1S/C8H5Cl2N5O4S/c9-4-5(10)11-2-12-6(4)15-20(18,19)7-3(8(16)17)1-13-14-7/h1-2H,(H,13,14)(H,16,17)(H,11,12,15). The number of carboxylic acids is 1. The number of hydrogen-bond acceptors (Lipinski definition) is 6. The molecule has 0 aliphatic carbocycles. The number of rotatable bonds is 4. The minimum Gasteiger partial charge on any atom is -0.478 e. The lowest BCUT2D eigenvalue weighted by atomic mass is 10.4. The average Bonchev–Trinajstić information content (AvgIpc) is 2.85. The second-order valence-electron chi connectivity index (χ2n) is 3.35. The van der Waals surface area contributed by atoms with Gasteiger partial charge in [0.1, 0.15) is 16.9 Å². The summed E-state index contributed by atoms with van der Waals surface area (Å²) in [6, 6.07) is 0. The fourth-order valence-electron chi connectivity index (χ4n) is 1.23. The topological polar surface area (TPSA) is 138 Å². The number of hydrogen-bond donors (Lipinski definition) is 3. The second kappa shape index (κ2) is 5.23. The fourth-order valence-corrected chi connectivity index (χ4v) is 2.68. The summed E-state index contributed by atoms with van der Waals surface area (Å²) < 4.78 is 26.1. The van der Waals surface area contributed by atoms with Crippen LogP contribution in [0.1, 0.15) is 10.4 Å². The van der Waals surface area contributed by atoms with Gasteiger partial charge in [-0.3, -0.25) is 9.82 Å². The number of halogens is 2. The molecule has 0 unspecified atom stereocenters. The number of aromatic nitrogens is 4. The molecule has 0 atom stereocenters. The van der Waals surface area contributed by atoms with E-state index in [2.05, 4.69) is 20.2 Å². The van der Waals surface area contributed by atoms with Crippen molar-refractivity contribution in [3.05, 3.63) is 28.3 Å². The molecule has 9 nitrogen and oxygen atoms in total. The monoisotopic (exact) mass is 337 g/mol. The maximum atomic E-state index is 12.0. The molecule has 0 aliphatic heterocycles. The third kappa shape index (κ3) is 2.66. The van der Waals surface area contributed by atoms with Gasteiger partial charge in [0, 0.05) is 0 Å². The van der Waals surface area contributed by atoms with E-state index in [0.717, 1.165) is 12.5 Å². The van der Waals surface area contributed by atoms with Crippen LogP contribution in [0.15, 0.2) is 17.6 Å². The number of carbonyl (C=O) groups is 1. The van der Waals surface area contributed by atoms with E-state index in [1.807, 2.05) is 4.72 Å². The SMILES string of the molecule is O=C(O)c1cn[nH]c1S(=O)(=O)Nc1ncnc(Cl)c1Cl. The van der Waals surface area contributed by atoms with Crippen molar-refractivity contribution < 1.29 is 18.3 Å². The number of nitrogens with one attached hydrogen (secondary N) is 2. The maximum Gasteiger partial charge on any atom is 0.340 e. The number of aromatic amines is 1. The van der Waals surface area contributed by atoms with Gasteiger partial charge < -0.3 is 5.11 Å². The molecule has 20 heavy (non-hydrogen) atoms. The summed E-state index contributed by atoms with van der Waals surface area (Å²) in [6.45, 7) is 0. The molecule has 3 N–H and O–H groups in total. The molecule has 0 bridgehead atoms. The molecule has 12 heteroatoms. The van der Waals surface area contributed by atoms with Crippen LogP contribution in [-0.2, 0) is 10.0 Å². The third-order valence-corrected chi connectivity index (χ3v) is 4.13. The lowest BCUT2D eigenvalue weighted by molar-refractivity contribution is 0.0692. The zero-order valence-electron chi connectivity index (χ0n) is 9.33. The predicted octanol–water partition coefficient (Wildman–Crippen LogP) is 1.01. The normalized spacial score (nSPS) is 11.3. The Kier molecular flexibility index (Phi) is 3.79. The summed E-state index contributed by atoms with van der Waals surface area (Å²) in [4.78, 5) is 18.0. The number of H-pyrrole nitrogens is 1. The molecule has 0 amide bonds. The highest BCUT2D eigenvalue weighted by molar-refractivity contribution is 7.92. The zero-order valence-corrected chi connectivity index (χ0v) is 11.7. The first-order chi connectivity index (χ1) is 9.33. The van der Waals surface area contributed by atoms with Crippen molar-refractivity contribution in [1.29, 1.82) is 0 Å². The van der Waals surface area contributed by atoms with Crippen LogP contribution < -0.4 is 4.72 Å². The van der Waals surface area contributed by atoms with Crippen LogP contribution in [0.4, 0.5) is 5.82 Å². The fraction of sp³-hybridized carbons (Fsp3) is 0. The molecule has 0 fully saturated rings. The number of carboxylic acid groups (broad SMARTS) is 1. The van der Waals surface area contributed by atoms with Gasteiger partial charge in [-0.1, -0.05) is 23.2 Å². The molecule has 0 saturated heterocycles. The lowest BCUT2D eigenvalue weighted by Crippen LogP contribution is -2.17. The van der Waals surface area contributed by atoms with Crippen LogP contribution in [0.5, 0.6) is 0 Å². The first kappa shape index (κ1) is 14.5. The van der Waals surface area contributed by atoms with Crippen LogP contribution in [0, 0.1) is 0 Å². The average molecular weight is 338 g/mol. The first-order valence-corrected chi connectivity index (χ1v) is 7.02. The van der Waals surface area contributed by atoms with Crippen molar-refractivity contribution in [2.75, 3.05) is 4.72 Å². The van der Waals surface area contributed by atoms with Gasteiger partial charge in [-0.2, -0.15) is 13.5 Å². The van der Waals surface area contributed by atoms with Gasteiger partial charge >= 0.3 is 5.97 Å².